The van der Waals surface area contributed by atoms with Crippen molar-refractivity contribution < 1.29 is 4.39 Å². The van der Waals surface area contributed by atoms with Gasteiger partial charge >= 0.3 is 0 Å². The molecule has 3 heteroatoms. The first-order valence-corrected chi connectivity index (χ1v) is 6.56. The van der Waals surface area contributed by atoms with Crippen molar-refractivity contribution in [2.45, 2.75) is 27.2 Å². The molecule has 0 aliphatic carbocycles. The van der Waals surface area contributed by atoms with Crippen molar-refractivity contribution in [3.63, 3.8) is 0 Å². The lowest BCUT2D eigenvalue weighted by Crippen LogP contribution is -2.31. The van der Waals surface area contributed by atoms with E-state index in [4.69, 9.17) is 5.26 Å². The van der Waals surface area contributed by atoms with Crippen LogP contribution in [0.15, 0.2) is 29.8 Å². The Kier molecular flexibility index (Phi) is 3.61. The third-order valence-electron chi connectivity index (χ3n) is 3.61. The summed E-state index contributed by atoms with van der Waals surface area (Å²) < 4.78 is 13.6. The van der Waals surface area contributed by atoms with E-state index in [9.17, 15) is 4.39 Å². The lowest BCUT2D eigenvalue weighted by molar-refractivity contribution is 0.472. The van der Waals surface area contributed by atoms with Crippen LogP contribution in [0, 0.1) is 22.6 Å². The van der Waals surface area contributed by atoms with Crippen LogP contribution in [-0.4, -0.2) is 13.1 Å². The molecule has 0 unspecified atom stereocenters. The second-order valence-corrected chi connectivity index (χ2v) is 5.95. The van der Waals surface area contributed by atoms with Crippen LogP contribution in [0.5, 0.6) is 0 Å². The SMILES string of the molecule is CC(C)(C)C1=CCN(c2ccc(C#N)c(F)c2)CC1. The highest BCUT2D eigenvalue weighted by atomic mass is 19.1. The summed E-state index contributed by atoms with van der Waals surface area (Å²) >= 11 is 0. The number of halogens is 1. The first kappa shape index (κ1) is 13.6. The molecule has 0 aromatic heterocycles. The molecule has 0 spiro atoms. The van der Waals surface area contributed by atoms with Crippen molar-refractivity contribution in [1.29, 1.82) is 5.26 Å². The maximum atomic E-state index is 13.6. The van der Waals surface area contributed by atoms with Crippen LogP contribution in [0.1, 0.15) is 32.8 Å². The summed E-state index contributed by atoms with van der Waals surface area (Å²) in [6.45, 7) is 8.36. The first-order valence-electron chi connectivity index (χ1n) is 6.56. The zero-order chi connectivity index (χ0) is 14.0. The van der Waals surface area contributed by atoms with E-state index in [1.807, 2.05) is 12.1 Å². The van der Waals surface area contributed by atoms with Gasteiger partial charge in [0, 0.05) is 18.8 Å². The molecule has 1 aliphatic rings. The second kappa shape index (κ2) is 5.05. The number of hydrogen-bond donors (Lipinski definition) is 0. The highest BCUT2D eigenvalue weighted by molar-refractivity contribution is 5.52. The third kappa shape index (κ3) is 2.96. The smallest absolute Gasteiger partial charge is 0.143 e. The van der Waals surface area contributed by atoms with E-state index in [2.05, 4.69) is 31.7 Å². The standard InChI is InChI=1S/C16H19FN2/c1-16(2,3)13-6-8-19(9-7-13)14-5-4-12(11-18)15(17)10-14/h4-6,10H,7-9H2,1-3H3. The van der Waals surface area contributed by atoms with E-state index >= 15 is 0 Å². The molecule has 0 bridgehead atoms. The van der Waals surface area contributed by atoms with E-state index < -0.39 is 5.82 Å². The zero-order valence-corrected chi connectivity index (χ0v) is 11.7. The summed E-state index contributed by atoms with van der Waals surface area (Å²) in [6.07, 6.45) is 3.24. The molecule has 0 atom stereocenters. The van der Waals surface area contributed by atoms with Crippen LogP contribution in [0.25, 0.3) is 0 Å². The van der Waals surface area contributed by atoms with Gasteiger partial charge in [-0.25, -0.2) is 4.39 Å². The van der Waals surface area contributed by atoms with Crippen LogP contribution < -0.4 is 4.90 Å². The van der Waals surface area contributed by atoms with Crippen molar-refractivity contribution in [1.82, 2.24) is 0 Å². The Morgan fingerprint density at radius 1 is 1.32 bits per heavy atom. The summed E-state index contributed by atoms with van der Waals surface area (Å²) in [4.78, 5) is 2.14. The molecule has 0 fully saturated rings. The summed E-state index contributed by atoms with van der Waals surface area (Å²) in [6, 6.07) is 6.67. The van der Waals surface area contributed by atoms with Crippen molar-refractivity contribution in [3.05, 3.63) is 41.2 Å². The molecule has 1 heterocycles. The van der Waals surface area contributed by atoms with Crippen molar-refractivity contribution in [2.24, 2.45) is 5.41 Å². The molecule has 100 valence electrons. The highest BCUT2D eigenvalue weighted by Crippen LogP contribution is 2.31. The molecule has 0 radical (unpaired) electrons. The van der Waals surface area contributed by atoms with E-state index in [0.29, 0.717) is 0 Å². The largest absolute Gasteiger partial charge is 0.367 e. The lowest BCUT2D eigenvalue weighted by Gasteiger charge is -2.33. The molecule has 2 rings (SSSR count). The predicted molar refractivity (Wildman–Crippen MR) is 75.5 cm³/mol. The van der Waals surface area contributed by atoms with Gasteiger partial charge in [-0.2, -0.15) is 5.26 Å². The van der Waals surface area contributed by atoms with Crippen LogP contribution >= 0.6 is 0 Å². The van der Waals surface area contributed by atoms with Crippen LogP contribution in [-0.2, 0) is 0 Å². The van der Waals surface area contributed by atoms with E-state index in [-0.39, 0.29) is 11.0 Å². The van der Waals surface area contributed by atoms with Crippen molar-refractivity contribution in [3.8, 4) is 6.07 Å². The molecule has 0 saturated carbocycles. The summed E-state index contributed by atoms with van der Waals surface area (Å²) in [5, 5.41) is 8.73. The summed E-state index contributed by atoms with van der Waals surface area (Å²) in [5.74, 6) is -0.439. The van der Waals surface area contributed by atoms with Crippen LogP contribution in [0.4, 0.5) is 10.1 Å². The second-order valence-electron chi connectivity index (χ2n) is 5.95. The van der Waals surface area contributed by atoms with E-state index in [1.165, 1.54) is 11.6 Å². The van der Waals surface area contributed by atoms with Gasteiger partial charge in [-0.3, -0.25) is 0 Å². The average molecular weight is 258 g/mol. The third-order valence-corrected chi connectivity index (χ3v) is 3.61. The van der Waals surface area contributed by atoms with Gasteiger partial charge in [0.2, 0.25) is 0 Å². The van der Waals surface area contributed by atoms with E-state index in [1.54, 1.807) is 6.07 Å². The number of hydrogen-bond acceptors (Lipinski definition) is 2. The molecule has 19 heavy (non-hydrogen) atoms. The van der Waals surface area contributed by atoms with Gasteiger partial charge in [0.05, 0.1) is 5.56 Å². The molecule has 1 aliphatic heterocycles. The van der Waals surface area contributed by atoms with Gasteiger partial charge in [0.15, 0.2) is 0 Å². The van der Waals surface area contributed by atoms with Gasteiger partial charge < -0.3 is 4.90 Å². The number of nitrogens with zero attached hydrogens (tertiary/aromatic N) is 2. The van der Waals surface area contributed by atoms with E-state index in [0.717, 1.165) is 25.2 Å². The molecule has 0 amide bonds. The minimum absolute atomic E-state index is 0.103. The Morgan fingerprint density at radius 2 is 2.05 bits per heavy atom. The fourth-order valence-corrected chi connectivity index (χ4v) is 2.38. The highest BCUT2D eigenvalue weighted by Gasteiger charge is 2.21. The minimum Gasteiger partial charge on any atom is -0.367 e. The molecule has 0 N–H and O–H groups in total. The van der Waals surface area contributed by atoms with Gasteiger partial charge in [-0.05, 0) is 30.0 Å². The zero-order valence-electron chi connectivity index (χ0n) is 11.7. The summed E-state index contributed by atoms with van der Waals surface area (Å²) in [7, 11) is 0. The molecule has 0 saturated heterocycles. The maximum Gasteiger partial charge on any atom is 0.143 e. The topological polar surface area (TPSA) is 27.0 Å². The lowest BCUT2D eigenvalue weighted by atomic mass is 9.83. The van der Waals surface area contributed by atoms with Crippen molar-refractivity contribution >= 4 is 5.69 Å². The Bertz CT molecular complexity index is 547. The number of benzene rings is 1. The van der Waals surface area contributed by atoms with Gasteiger partial charge in [-0.15, -0.1) is 0 Å². The Labute approximate surface area is 114 Å². The van der Waals surface area contributed by atoms with Crippen LogP contribution in [0.3, 0.4) is 0 Å². The van der Waals surface area contributed by atoms with Crippen LogP contribution in [0.2, 0.25) is 0 Å². The monoisotopic (exact) mass is 258 g/mol. The molecule has 1 aromatic carbocycles. The molecule has 1 aromatic rings. The molecular weight excluding hydrogens is 239 g/mol. The number of rotatable bonds is 1. The molecule has 2 nitrogen and oxygen atoms in total. The average Bonchev–Trinajstić information content (AvgIpc) is 2.38. The normalized spacial score (nSPS) is 15.9. The predicted octanol–water partition coefficient (Wildman–Crippen LogP) is 3.88. The fourth-order valence-electron chi connectivity index (χ4n) is 2.38. The Morgan fingerprint density at radius 3 is 2.53 bits per heavy atom. The quantitative estimate of drug-likeness (QED) is 0.715. The number of nitriles is 1. The Hall–Kier alpha value is -1.82. The fraction of sp³-hybridized carbons (Fsp3) is 0.438. The van der Waals surface area contributed by atoms with Gasteiger partial charge in [-0.1, -0.05) is 32.4 Å². The number of anilines is 1. The first-order chi connectivity index (χ1) is 8.91. The molecular formula is C16H19FN2. The van der Waals surface area contributed by atoms with Gasteiger partial charge in [0.1, 0.15) is 11.9 Å². The van der Waals surface area contributed by atoms with Crippen molar-refractivity contribution in [2.75, 3.05) is 18.0 Å². The summed E-state index contributed by atoms with van der Waals surface area (Å²) in [5.41, 5.74) is 2.62. The minimum atomic E-state index is -0.439. The van der Waals surface area contributed by atoms with Gasteiger partial charge in [0.25, 0.3) is 0 Å². The Balaban J connectivity index is 2.17. The maximum absolute atomic E-state index is 13.6.